The first-order valence-electron chi connectivity index (χ1n) is 13.1. The van der Waals surface area contributed by atoms with Gasteiger partial charge >= 0.3 is 0 Å². The van der Waals surface area contributed by atoms with Crippen LogP contribution < -0.4 is 20.3 Å². The molecule has 3 aliphatic rings. The van der Waals surface area contributed by atoms with Gasteiger partial charge in [0.15, 0.2) is 0 Å². The Balaban J connectivity index is 1.05. The number of ether oxygens (including phenoxy) is 2. The summed E-state index contributed by atoms with van der Waals surface area (Å²) in [6.07, 6.45) is 7.77. The van der Waals surface area contributed by atoms with Crippen molar-refractivity contribution in [3.63, 3.8) is 0 Å². The van der Waals surface area contributed by atoms with E-state index in [1.807, 2.05) is 25.3 Å². The quantitative estimate of drug-likeness (QED) is 0.483. The molecule has 0 spiro atoms. The van der Waals surface area contributed by atoms with Crippen molar-refractivity contribution >= 4 is 29.1 Å². The van der Waals surface area contributed by atoms with Crippen LogP contribution in [0.15, 0.2) is 40.1 Å². The van der Waals surface area contributed by atoms with Crippen molar-refractivity contribution in [2.24, 2.45) is 10.9 Å². The summed E-state index contributed by atoms with van der Waals surface area (Å²) >= 11 is 0. The van der Waals surface area contributed by atoms with Crippen molar-refractivity contribution in [1.82, 2.24) is 15.2 Å². The van der Waals surface area contributed by atoms with Gasteiger partial charge in [-0.15, -0.1) is 10.2 Å². The molecule has 4 heterocycles. The standard InChI is InChI=1S/C27H33N7O3/c1-18-22(27-33-31-17-36-27)6-7-25(32-18)30-16-19-2-4-21(5-3-19)37-24-15-20(34-10-12-35-13-11-34)14-23-26(24)29-9-8-28-23/h6-8,14-15,17,19,21,29H,2-5,9-13,16H2,1H3,(H,30,32). The molecular formula is C27H33N7O3. The number of rotatable bonds is 7. The number of nitrogens with one attached hydrogen (secondary N) is 2. The Morgan fingerprint density at radius 1 is 1.14 bits per heavy atom. The first-order chi connectivity index (χ1) is 18.2. The number of aryl methyl sites for hydroxylation is 1. The normalized spacial score (nSPS) is 21.3. The predicted molar refractivity (Wildman–Crippen MR) is 143 cm³/mol. The van der Waals surface area contributed by atoms with E-state index in [0.29, 0.717) is 11.8 Å². The summed E-state index contributed by atoms with van der Waals surface area (Å²) in [5.41, 5.74) is 4.85. The van der Waals surface area contributed by atoms with E-state index in [1.165, 1.54) is 6.39 Å². The molecular weight excluding hydrogens is 470 g/mol. The Morgan fingerprint density at radius 2 is 2.00 bits per heavy atom. The summed E-state index contributed by atoms with van der Waals surface area (Å²) in [6, 6.07) is 8.29. The molecule has 1 aliphatic carbocycles. The summed E-state index contributed by atoms with van der Waals surface area (Å²) in [7, 11) is 0. The maximum absolute atomic E-state index is 6.61. The van der Waals surface area contributed by atoms with Crippen LogP contribution in [0.1, 0.15) is 31.4 Å². The van der Waals surface area contributed by atoms with E-state index < -0.39 is 0 Å². The molecule has 37 heavy (non-hydrogen) atoms. The number of anilines is 3. The third-order valence-electron chi connectivity index (χ3n) is 7.38. The van der Waals surface area contributed by atoms with Crippen LogP contribution in [-0.4, -0.2) is 66.9 Å². The van der Waals surface area contributed by atoms with Crippen LogP contribution in [0.4, 0.5) is 22.9 Å². The van der Waals surface area contributed by atoms with Crippen LogP contribution >= 0.6 is 0 Å². The van der Waals surface area contributed by atoms with Gasteiger partial charge in [-0.1, -0.05) is 0 Å². The number of morpholine rings is 1. The zero-order chi connectivity index (χ0) is 25.0. The second kappa shape index (κ2) is 10.8. The number of benzene rings is 1. The summed E-state index contributed by atoms with van der Waals surface area (Å²) in [5.74, 6) is 2.87. The summed E-state index contributed by atoms with van der Waals surface area (Å²) < 4.78 is 17.5. The molecule has 10 heteroatoms. The minimum atomic E-state index is 0.210. The van der Waals surface area contributed by atoms with E-state index in [0.717, 1.165) is 105 Å². The molecule has 2 fully saturated rings. The van der Waals surface area contributed by atoms with Crippen LogP contribution in [-0.2, 0) is 4.74 Å². The van der Waals surface area contributed by atoms with Gasteiger partial charge in [-0.2, -0.15) is 0 Å². The summed E-state index contributed by atoms with van der Waals surface area (Å²) in [4.78, 5) is 11.7. The lowest BCUT2D eigenvalue weighted by molar-refractivity contribution is 0.122. The Labute approximate surface area is 216 Å². The second-order valence-corrected chi connectivity index (χ2v) is 9.84. The van der Waals surface area contributed by atoms with Gasteiger partial charge in [0.05, 0.1) is 42.8 Å². The molecule has 3 aromatic rings. The fourth-order valence-electron chi connectivity index (χ4n) is 5.31. The van der Waals surface area contributed by atoms with Crippen molar-refractivity contribution < 1.29 is 13.9 Å². The lowest BCUT2D eigenvalue weighted by Gasteiger charge is -2.32. The second-order valence-electron chi connectivity index (χ2n) is 9.84. The van der Waals surface area contributed by atoms with Crippen molar-refractivity contribution in [3.8, 4) is 17.2 Å². The predicted octanol–water partition coefficient (Wildman–Crippen LogP) is 4.45. The smallest absolute Gasteiger partial charge is 0.249 e. The van der Waals surface area contributed by atoms with Gasteiger partial charge in [0, 0.05) is 37.6 Å². The zero-order valence-electron chi connectivity index (χ0n) is 21.2. The number of pyridine rings is 1. The van der Waals surface area contributed by atoms with Crippen molar-refractivity contribution in [2.45, 2.75) is 38.7 Å². The van der Waals surface area contributed by atoms with Gasteiger partial charge in [-0.25, -0.2) is 4.98 Å². The molecule has 1 saturated heterocycles. The number of aliphatic imine (C=N–C) groups is 1. The van der Waals surface area contributed by atoms with Gasteiger partial charge in [0.2, 0.25) is 12.3 Å². The number of hydrogen-bond donors (Lipinski definition) is 2. The number of hydrogen-bond acceptors (Lipinski definition) is 10. The molecule has 0 unspecified atom stereocenters. The maximum Gasteiger partial charge on any atom is 0.249 e. The number of fused-ring (bicyclic) bond motifs is 1. The van der Waals surface area contributed by atoms with E-state index in [1.54, 1.807) is 0 Å². The topological polar surface area (TPSA) is 110 Å². The highest BCUT2D eigenvalue weighted by molar-refractivity contribution is 5.86. The molecule has 2 aliphatic heterocycles. The van der Waals surface area contributed by atoms with Gasteiger partial charge in [0.25, 0.3) is 0 Å². The molecule has 0 bridgehead atoms. The first-order valence-corrected chi connectivity index (χ1v) is 13.1. The molecule has 0 radical (unpaired) electrons. The monoisotopic (exact) mass is 503 g/mol. The molecule has 0 atom stereocenters. The highest BCUT2D eigenvalue weighted by Gasteiger charge is 2.25. The SMILES string of the molecule is Cc1nc(NCC2CCC(Oc3cc(N4CCOCC4)cc4c3NCC=N4)CC2)ccc1-c1nnco1. The van der Waals surface area contributed by atoms with Crippen LogP contribution in [0.25, 0.3) is 11.5 Å². The molecule has 10 nitrogen and oxygen atoms in total. The maximum atomic E-state index is 6.61. The van der Waals surface area contributed by atoms with E-state index in [2.05, 4.69) is 47.8 Å². The van der Waals surface area contributed by atoms with E-state index in [-0.39, 0.29) is 6.10 Å². The average molecular weight is 504 g/mol. The molecule has 2 aromatic heterocycles. The van der Waals surface area contributed by atoms with Crippen molar-refractivity contribution in [1.29, 1.82) is 0 Å². The Hall–Kier alpha value is -3.66. The fourth-order valence-corrected chi connectivity index (χ4v) is 5.31. The van der Waals surface area contributed by atoms with E-state index in [9.17, 15) is 0 Å². The van der Waals surface area contributed by atoms with Gasteiger partial charge in [-0.05, 0) is 56.7 Å². The fraction of sp³-hybridized carbons (Fsp3) is 0.481. The van der Waals surface area contributed by atoms with Crippen LogP contribution in [0.5, 0.6) is 5.75 Å². The van der Waals surface area contributed by atoms with E-state index >= 15 is 0 Å². The van der Waals surface area contributed by atoms with E-state index in [4.69, 9.17) is 13.9 Å². The minimum Gasteiger partial charge on any atom is -0.488 e. The van der Waals surface area contributed by atoms with Gasteiger partial charge in [-0.3, -0.25) is 4.99 Å². The molecule has 0 amide bonds. The number of nitrogens with zero attached hydrogens (tertiary/aromatic N) is 5. The Bertz CT molecular complexity index is 1230. The average Bonchev–Trinajstić information content (AvgIpc) is 3.48. The Morgan fingerprint density at radius 3 is 2.78 bits per heavy atom. The zero-order valence-corrected chi connectivity index (χ0v) is 21.2. The highest BCUT2D eigenvalue weighted by atomic mass is 16.5. The summed E-state index contributed by atoms with van der Waals surface area (Å²) in [5, 5.41) is 14.7. The third kappa shape index (κ3) is 5.39. The highest BCUT2D eigenvalue weighted by Crippen LogP contribution is 2.42. The van der Waals surface area contributed by atoms with Crippen molar-refractivity contribution in [3.05, 3.63) is 36.4 Å². The first kappa shape index (κ1) is 23.7. The van der Waals surface area contributed by atoms with Crippen LogP contribution in [0, 0.1) is 12.8 Å². The lowest BCUT2D eigenvalue weighted by Crippen LogP contribution is -2.36. The molecule has 1 saturated carbocycles. The van der Waals surface area contributed by atoms with Gasteiger partial charge in [0.1, 0.15) is 17.3 Å². The van der Waals surface area contributed by atoms with Gasteiger partial charge < -0.3 is 29.4 Å². The third-order valence-corrected chi connectivity index (χ3v) is 7.38. The molecule has 1 aromatic carbocycles. The molecule has 194 valence electrons. The largest absolute Gasteiger partial charge is 0.488 e. The lowest BCUT2D eigenvalue weighted by atomic mass is 9.87. The molecule has 2 N–H and O–H groups in total. The van der Waals surface area contributed by atoms with Crippen molar-refractivity contribution in [2.75, 3.05) is 54.9 Å². The number of aromatic nitrogens is 3. The van der Waals surface area contributed by atoms with Crippen LogP contribution in [0.2, 0.25) is 0 Å². The Kier molecular flexibility index (Phi) is 6.90. The van der Waals surface area contributed by atoms with Crippen LogP contribution in [0.3, 0.4) is 0 Å². The molecule has 6 rings (SSSR count). The minimum absolute atomic E-state index is 0.210. The summed E-state index contributed by atoms with van der Waals surface area (Å²) in [6.45, 7) is 6.87.